The number of aliphatic hydroxyl groups is 1. The number of benzene rings is 1. The highest BCUT2D eigenvalue weighted by Crippen LogP contribution is 2.79. The number of rotatable bonds is 2. The van der Waals surface area contributed by atoms with Crippen molar-refractivity contribution >= 4 is 23.1 Å². The van der Waals surface area contributed by atoms with Crippen molar-refractivity contribution in [3.8, 4) is 11.3 Å². The molecule has 1 aromatic rings. The molecule has 0 radical (unpaired) electrons. The fourth-order valence-electron chi connectivity index (χ4n) is 8.42. The van der Waals surface area contributed by atoms with Crippen molar-refractivity contribution in [2.24, 2.45) is 17.3 Å². The molecule has 4 aliphatic carbocycles. The predicted molar refractivity (Wildman–Crippen MR) is 129 cm³/mol. The van der Waals surface area contributed by atoms with Gasteiger partial charge in [0, 0.05) is 42.9 Å². The zero-order chi connectivity index (χ0) is 23.2. The number of hydrogen-bond donors (Lipinski definition) is 1. The van der Waals surface area contributed by atoms with Crippen molar-refractivity contribution in [2.45, 2.75) is 74.6 Å². The van der Waals surface area contributed by atoms with Crippen LogP contribution in [0.5, 0.6) is 0 Å². The Morgan fingerprint density at radius 1 is 1.12 bits per heavy atom. The molecule has 6 rings (SSSR count). The summed E-state index contributed by atoms with van der Waals surface area (Å²) < 4.78 is 6.96. The van der Waals surface area contributed by atoms with Crippen LogP contribution in [-0.2, 0) is 9.53 Å². The summed E-state index contributed by atoms with van der Waals surface area (Å²) in [6.07, 6.45) is 7.55. The third kappa shape index (κ3) is 2.60. The Morgan fingerprint density at radius 3 is 2.58 bits per heavy atom. The molecule has 1 heterocycles. The van der Waals surface area contributed by atoms with Gasteiger partial charge in [-0.15, -0.1) is 0 Å². The summed E-state index contributed by atoms with van der Waals surface area (Å²) in [7, 11) is 4.10. The van der Waals surface area contributed by atoms with Crippen LogP contribution in [0.25, 0.3) is 0 Å². The van der Waals surface area contributed by atoms with Crippen LogP contribution >= 0.6 is 11.6 Å². The zero-order valence-corrected chi connectivity index (χ0v) is 20.4. The van der Waals surface area contributed by atoms with Gasteiger partial charge in [0.2, 0.25) is 0 Å². The van der Waals surface area contributed by atoms with Crippen LogP contribution < -0.4 is 4.90 Å². The first kappa shape index (κ1) is 21.7. The number of carbonyl (C=O) groups excluding carboxylic acids is 1. The van der Waals surface area contributed by atoms with Crippen LogP contribution in [0.3, 0.4) is 0 Å². The molecule has 174 valence electrons. The first-order chi connectivity index (χ1) is 15.7. The van der Waals surface area contributed by atoms with E-state index in [-0.39, 0.29) is 28.3 Å². The molecule has 1 aliphatic heterocycles. The Morgan fingerprint density at radius 2 is 1.88 bits per heavy atom. The van der Waals surface area contributed by atoms with Crippen molar-refractivity contribution in [3.63, 3.8) is 0 Å². The van der Waals surface area contributed by atoms with Gasteiger partial charge >= 0.3 is 0 Å². The van der Waals surface area contributed by atoms with Crippen molar-refractivity contribution in [2.75, 3.05) is 19.0 Å². The minimum atomic E-state index is -1.08. The molecule has 4 fully saturated rings. The summed E-state index contributed by atoms with van der Waals surface area (Å²) in [5, 5.41) is 14.2. The van der Waals surface area contributed by atoms with Gasteiger partial charge < -0.3 is 14.7 Å². The molecule has 7 atom stereocenters. The minimum Gasteiger partial charge on any atom is -0.378 e. The molecule has 0 aromatic heterocycles. The maximum absolute atomic E-state index is 12.3. The van der Waals surface area contributed by atoms with Gasteiger partial charge in [0.15, 0.2) is 5.78 Å². The molecule has 1 aromatic carbocycles. The second-order valence-corrected chi connectivity index (χ2v) is 11.6. The maximum Gasteiger partial charge on any atom is 0.155 e. The molecule has 3 saturated carbocycles. The summed E-state index contributed by atoms with van der Waals surface area (Å²) in [6, 6.07) is 8.82. The Hall–Kier alpha value is -1.80. The van der Waals surface area contributed by atoms with Crippen LogP contribution in [0.2, 0.25) is 0 Å². The average Bonchev–Trinajstić information content (AvgIpc) is 3.40. The van der Waals surface area contributed by atoms with E-state index in [0.717, 1.165) is 37.8 Å². The average molecular weight is 466 g/mol. The van der Waals surface area contributed by atoms with Crippen molar-refractivity contribution in [3.05, 3.63) is 41.5 Å². The Kier molecular flexibility index (Phi) is 4.52. The Balaban J connectivity index is 1.50. The monoisotopic (exact) mass is 465 g/mol. The molecular formula is C28H32ClNO3. The van der Waals surface area contributed by atoms with Gasteiger partial charge in [-0.2, -0.15) is 0 Å². The van der Waals surface area contributed by atoms with E-state index in [2.05, 4.69) is 61.5 Å². The number of halogens is 1. The van der Waals surface area contributed by atoms with Crippen molar-refractivity contribution < 1.29 is 14.6 Å². The fraction of sp³-hybridized carbons (Fsp3) is 0.607. The number of carbonyl (C=O) groups is 1. The zero-order valence-electron chi connectivity index (χ0n) is 19.7. The molecule has 1 saturated heterocycles. The predicted octanol–water partition coefficient (Wildman–Crippen LogP) is 4.79. The number of hydrogen-bond acceptors (Lipinski definition) is 4. The van der Waals surface area contributed by atoms with E-state index < -0.39 is 5.60 Å². The van der Waals surface area contributed by atoms with Gasteiger partial charge in [-0.3, -0.25) is 4.79 Å². The Labute approximate surface area is 201 Å². The lowest BCUT2D eigenvalue weighted by atomic mass is 9.46. The molecule has 5 aliphatic rings. The first-order valence-electron chi connectivity index (χ1n) is 12.3. The summed E-state index contributed by atoms with van der Waals surface area (Å²) in [5.41, 5.74) is 1.60. The maximum atomic E-state index is 12.3. The normalized spacial score (nSPS) is 44.9. The molecule has 2 spiro atoms. The molecule has 33 heavy (non-hydrogen) atoms. The van der Waals surface area contributed by atoms with Crippen molar-refractivity contribution in [1.82, 2.24) is 0 Å². The summed E-state index contributed by atoms with van der Waals surface area (Å²) in [5.74, 6) is 4.05. The summed E-state index contributed by atoms with van der Waals surface area (Å²) >= 11 is 5.85. The number of epoxide rings is 1. The number of anilines is 1. The third-order valence-corrected chi connectivity index (χ3v) is 10.2. The van der Waals surface area contributed by atoms with E-state index in [1.54, 1.807) is 0 Å². The lowest BCUT2D eigenvalue weighted by molar-refractivity contribution is -0.115. The molecule has 0 bridgehead atoms. The van der Waals surface area contributed by atoms with Crippen LogP contribution in [0, 0.1) is 28.6 Å². The first-order valence-corrected chi connectivity index (χ1v) is 12.7. The van der Waals surface area contributed by atoms with Crippen LogP contribution in [0.15, 0.2) is 35.9 Å². The van der Waals surface area contributed by atoms with Crippen LogP contribution in [0.1, 0.15) is 63.4 Å². The number of ketones is 1. The summed E-state index contributed by atoms with van der Waals surface area (Å²) in [6.45, 7) is 2.23. The van der Waals surface area contributed by atoms with E-state index >= 15 is 0 Å². The topological polar surface area (TPSA) is 53.1 Å². The second kappa shape index (κ2) is 6.87. The van der Waals surface area contributed by atoms with E-state index in [1.807, 2.05) is 6.08 Å². The van der Waals surface area contributed by atoms with Gasteiger partial charge in [-0.05, 0) is 91.3 Å². The molecule has 5 heteroatoms. The van der Waals surface area contributed by atoms with Gasteiger partial charge in [0.1, 0.15) is 16.8 Å². The van der Waals surface area contributed by atoms with Gasteiger partial charge in [0.05, 0.1) is 0 Å². The molecule has 0 unspecified atom stereocenters. The smallest absolute Gasteiger partial charge is 0.155 e. The highest BCUT2D eigenvalue weighted by molar-refractivity contribution is 6.30. The standard InChI is InChI=1S/C28H32ClNO3/c1-25-17-24(18-4-7-20(8-5-18)30(2)3)28-23(22(25)11-12-26(25,32)14-15-29)9-6-19-16-21(31)10-13-27(19,28)33-28/h4-5,7-8,16,22-24,32H,6,9-13,17H2,1-3H3/t22-,23-,24+,25-,26+,27-,28-/m0/s1. The second-order valence-electron chi connectivity index (χ2n) is 11.4. The lowest BCUT2D eigenvalue weighted by Gasteiger charge is -2.55. The number of fused-ring (bicyclic) bond motifs is 2. The van der Waals surface area contributed by atoms with Crippen LogP contribution in [-0.4, -0.2) is 41.8 Å². The highest BCUT2D eigenvalue weighted by Gasteiger charge is 2.83. The van der Waals surface area contributed by atoms with Gasteiger partial charge in [-0.1, -0.05) is 25.0 Å². The number of ether oxygens (including phenoxy) is 1. The SMILES string of the molecule is CN(C)c1ccc([C@H]2C[C@@]3(C)[C@@H](CC[C@@]3(O)C#CCl)[C@@H]3CCC4=CC(=O)CC[C@]45O[C@]235)cc1. The highest BCUT2D eigenvalue weighted by atomic mass is 35.5. The third-order valence-electron chi connectivity index (χ3n) is 10.1. The quantitative estimate of drug-likeness (QED) is 0.503. The van der Waals surface area contributed by atoms with Gasteiger partial charge in [-0.25, -0.2) is 0 Å². The fourth-order valence-corrected chi connectivity index (χ4v) is 8.58. The minimum absolute atomic E-state index is 0.138. The van der Waals surface area contributed by atoms with E-state index in [4.69, 9.17) is 16.3 Å². The lowest BCUT2D eigenvalue weighted by Crippen LogP contribution is -2.58. The number of nitrogens with zero attached hydrogens (tertiary/aromatic N) is 1. The van der Waals surface area contributed by atoms with Crippen LogP contribution in [0.4, 0.5) is 5.69 Å². The Bertz CT molecular complexity index is 1120. The van der Waals surface area contributed by atoms with Crippen molar-refractivity contribution in [1.29, 1.82) is 0 Å². The van der Waals surface area contributed by atoms with E-state index in [1.165, 1.54) is 11.1 Å². The molecular weight excluding hydrogens is 434 g/mol. The van der Waals surface area contributed by atoms with Gasteiger partial charge in [0.25, 0.3) is 0 Å². The van der Waals surface area contributed by atoms with E-state index in [0.29, 0.717) is 24.7 Å². The molecule has 0 amide bonds. The molecule has 4 nitrogen and oxygen atoms in total. The van der Waals surface area contributed by atoms with E-state index in [9.17, 15) is 9.90 Å². The molecule has 1 N–H and O–H groups in total. The largest absolute Gasteiger partial charge is 0.378 e. The summed E-state index contributed by atoms with van der Waals surface area (Å²) in [4.78, 5) is 14.4.